The molecule has 19 heavy (non-hydrogen) atoms. The monoisotopic (exact) mass is 330 g/mol. The molecule has 0 radical (unpaired) electrons. The lowest BCUT2D eigenvalue weighted by Gasteiger charge is -1.94. The summed E-state index contributed by atoms with van der Waals surface area (Å²) >= 11 is 5.03. The summed E-state index contributed by atoms with van der Waals surface area (Å²) in [6.45, 7) is 0. The first-order valence-electron chi connectivity index (χ1n) is 5.85. The average molecular weight is 331 g/mol. The van der Waals surface area contributed by atoms with Crippen LogP contribution in [0.15, 0.2) is 69.4 Å². The number of halogens is 1. The fourth-order valence-corrected chi connectivity index (χ4v) is 2.75. The van der Waals surface area contributed by atoms with Gasteiger partial charge in [-0.15, -0.1) is 11.3 Å². The minimum Gasteiger partial charge on any atom is -0.330 e. The number of aromatic amines is 1. The Kier molecular flexibility index (Phi) is 3.62. The molecule has 3 rings (SSSR count). The number of benzene rings is 2. The zero-order chi connectivity index (χ0) is 13.1. The molecule has 0 aliphatic heterocycles. The molecule has 1 aromatic heterocycles. The molecular formula is C15H11BrN2S. The molecule has 0 saturated carbocycles. The molecule has 0 aliphatic rings. The van der Waals surface area contributed by atoms with Gasteiger partial charge >= 0.3 is 0 Å². The van der Waals surface area contributed by atoms with E-state index in [1.807, 2.05) is 42.5 Å². The van der Waals surface area contributed by atoms with Gasteiger partial charge in [-0.3, -0.25) is 0 Å². The predicted octanol–water partition coefficient (Wildman–Crippen LogP) is 4.74. The lowest BCUT2D eigenvalue weighted by Crippen LogP contribution is -1.96. The van der Waals surface area contributed by atoms with Crippen LogP contribution in [0.2, 0.25) is 0 Å². The molecule has 0 spiro atoms. The van der Waals surface area contributed by atoms with Gasteiger partial charge in [0, 0.05) is 9.85 Å². The number of hydrogen-bond acceptors (Lipinski definition) is 2. The SMILES string of the molecule is Brc1ccc(N=c2[nH]c(-c3ccccc3)cs2)cc1. The molecule has 0 aliphatic carbocycles. The summed E-state index contributed by atoms with van der Waals surface area (Å²) in [6.07, 6.45) is 0. The zero-order valence-corrected chi connectivity index (χ0v) is 12.4. The summed E-state index contributed by atoms with van der Waals surface area (Å²) in [6, 6.07) is 18.2. The second-order valence-corrected chi connectivity index (χ2v) is 5.81. The number of thiazole rings is 1. The van der Waals surface area contributed by atoms with Crippen molar-refractivity contribution in [1.29, 1.82) is 0 Å². The summed E-state index contributed by atoms with van der Waals surface area (Å²) in [7, 11) is 0. The molecular weight excluding hydrogens is 320 g/mol. The van der Waals surface area contributed by atoms with Crippen molar-refractivity contribution in [2.45, 2.75) is 0 Å². The minimum atomic E-state index is 0.904. The Bertz CT molecular complexity index is 727. The van der Waals surface area contributed by atoms with Gasteiger partial charge in [0.05, 0.1) is 11.4 Å². The highest BCUT2D eigenvalue weighted by molar-refractivity contribution is 9.10. The number of nitrogens with zero attached hydrogens (tertiary/aromatic N) is 1. The van der Waals surface area contributed by atoms with Gasteiger partial charge < -0.3 is 4.98 Å². The Labute approximate surface area is 123 Å². The summed E-state index contributed by atoms with van der Waals surface area (Å²) in [5, 5.41) is 2.09. The van der Waals surface area contributed by atoms with Crippen molar-refractivity contribution >= 4 is 33.0 Å². The Balaban J connectivity index is 1.95. The highest BCUT2D eigenvalue weighted by Crippen LogP contribution is 2.18. The van der Waals surface area contributed by atoms with E-state index in [-0.39, 0.29) is 0 Å². The molecule has 1 heterocycles. The van der Waals surface area contributed by atoms with Gasteiger partial charge in [-0.1, -0.05) is 46.3 Å². The highest BCUT2D eigenvalue weighted by atomic mass is 79.9. The molecule has 2 nitrogen and oxygen atoms in total. The van der Waals surface area contributed by atoms with Gasteiger partial charge in [0.25, 0.3) is 0 Å². The number of aromatic nitrogens is 1. The lowest BCUT2D eigenvalue weighted by atomic mass is 10.2. The van der Waals surface area contributed by atoms with E-state index in [0.717, 1.165) is 20.7 Å². The quantitative estimate of drug-likeness (QED) is 0.703. The average Bonchev–Trinajstić information content (AvgIpc) is 2.91. The third kappa shape index (κ3) is 3.03. The number of rotatable bonds is 2. The number of H-pyrrole nitrogens is 1. The Morgan fingerprint density at radius 3 is 2.42 bits per heavy atom. The van der Waals surface area contributed by atoms with Gasteiger partial charge in [-0.2, -0.15) is 0 Å². The van der Waals surface area contributed by atoms with Crippen LogP contribution in [-0.2, 0) is 0 Å². The van der Waals surface area contributed by atoms with Gasteiger partial charge in [0.2, 0.25) is 0 Å². The Hall–Kier alpha value is -1.65. The van der Waals surface area contributed by atoms with Crippen LogP contribution >= 0.6 is 27.3 Å². The summed E-state index contributed by atoms with van der Waals surface area (Å²) in [5.41, 5.74) is 3.22. The summed E-state index contributed by atoms with van der Waals surface area (Å²) in [5.74, 6) is 0. The minimum absolute atomic E-state index is 0.904. The van der Waals surface area contributed by atoms with E-state index < -0.39 is 0 Å². The van der Waals surface area contributed by atoms with Crippen LogP contribution in [0.25, 0.3) is 11.3 Å². The van der Waals surface area contributed by atoms with Crippen LogP contribution in [0.5, 0.6) is 0 Å². The molecule has 0 saturated heterocycles. The fourth-order valence-electron chi connectivity index (χ4n) is 1.73. The molecule has 4 heteroatoms. The lowest BCUT2D eigenvalue weighted by molar-refractivity contribution is 1.24. The second kappa shape index (κ2) is 5.55. The summed E-state index contributed by atoms with van der Waals surface area (Å²) in [4.78, 5) is 8.81. The maximum absolute atomic E-state index is 4.57. The first-order chi connectivity index (χ1) is 9.31. The molecule has 0 fully saturated rings. The van der Waals surface area contributed by atoms with E-state index >= 15 is 0 Å². The topological polar surface area (TPSA) is 28.1 Å². The molecule has 3 aromatic rings. The van der Waals surface area contributed by atoms with Crippen LogP contribution in [0.3, 0.4) is 0 Å². The molecule has 2 aromatic carbocycles. The maximum atomic E-state index is 4.57. The van der Waals surface area contributed by atoms with Gasteiger partial charge in [-0.05, 0) is 29.8 Å². The number of hydrogen-bond donors (Lipinski definition) is 1. The van der Waals surface area contributed by atoms with E-state index in [9.17, 15) is 0 Å². The molecule has 1 N–H and O–H groups in total. The van der Waals surface area contributed by atoms with Crippen molar-refractivity contribution in [3.05, 3.63) is 69.3 Å². The van der Waals surface area contributed by atoms with Crippen LogP contribution < -0.4 is 4.80 Å². The molecule has 0 amide bonds. The Morgan fingerprint density at radius 1 is 0.947 bits per heavy atom. The van der Waals surface area contributed by atoms with E-state index in [4.69, 9.17) is 0 Å². The van der Waals surface area contributed by atoms with Crippen LogP contribution in [0.1, 0.15) is 0 Å². The van der Waals surface area contributed by atoms with E-state index in [2.05, 4.69) is 43.4 Å². The van der Waals surface area contributed by atoms with Crippen LogP contribution in [-0.4, -0.2) is 4.98 Å². The van der Waals surface area contributed by atoms with Crippen molar-refractivity contribution in [3.8, 4) is 11.3 Å². The van der Waals surface area contributed by atoms with E-state index in [1.54, 1.807) is 11.3 Å². The summed E-state index contributed by atoms with van der Waals surface area (Å²) < 4.78 is 1.06. The maximum Gasteiger partial charge on any atom is 0.187 e. The molecule has 0 bridgehead atoms. The van der Waals surface area contributed by atoms with E-state index in [1.165, 1.54) is 5.56 Å². The van der Waals surface area contributed by atoms with Crippen LogP contribution in [0.4, 0.5) is 5.69 Å². The fraction of sp³-hybridized carbons (Fsp3) is 0. The van der Waals surface area contributed by atoms with Crippen LogP contribution in [0, 0.1) is 0 Å². The zero-order valence-electron chi connectivity index (χ0n) is 10.0. The van der Waals surface area contributed by atoms with Crippen molar-refractivity contribution in [1.82, 2.24) is 4.98 Å². The second-order valence-electron chi connectivity index (χ2n) is 4.03. The van der Waals surface area contributed by atoms with Crippen molar-refractivity contribution in [2.75, 3.05) is 0 Å². The van der Waals surface area contributed by atoms with Gasteiger partial charge in [-0.25, -0.2) is 4.99 Å². The molecule has 94 valence electrons. The van der Waals surface area contributed by atoms with Crippen molar-refractivity contribution < 1.29 is 0 Å². The Morgan fingerprint density at radius 2 is 1.68 bits per heavy atom. The first kappa shape index (κ1) is 12.4. The largest absolute Gasteiger partial charge is 0.330 e. The van der Waals surface area contributed by atoms with Crippen molar-refractivity contribution in [3.63, 3.8) is 0 Å². The predicted molar refractivity (Wildman–Crippen MR) is 83.5 cm³/mol. The van der Waals surface area contributed by atoms with Crippen molar-refractivity contribution in [2.24, 2.45) is 4.99 Å². The smallest absolute Gasteiger partial charge is 0.187 e. The highest BCUT2D eigenvalue weighted by Gasteiger charge is 1.98. The standard InChI is InChI=1S/C15H11BrN2S/c16-12-6-8-13(9-7-12)17-15-18-14(10-19-15)11-4-2-1-3-5-11/h1-10H,(H,17,18). The third-order valence-corrected chi connectivity index (χ3v) is 3.97. The first-order valence-corrected chi connectivity index (χ1v) is 7.52. The third-order valence-electron chi connectivity index (χ3n) is 2.67. The molecule has 0 unspecified atom stereocenters. The van der Waals surface area contributed by atoms with Gasteiger partial charge in [0.1, 0.15) is 0 Å². The number of nitrogens with one attached hydrogen (secondary N) is 1. The molecule has 0 atom stereocenters. The van der Waals surface area contributed by atoms with E-state index in [0.29, 0.717) is 0 Å². The normalized spacial score (nSPS) is 11.7. The van der Waals surface area contributed by atoms with Gasteiger partial charge in [0.15, 0.2) is 4.80 Å².